The monoisotopic (exact) mass is 246 g/mol. The molecule has 15 heavy (non-hydrogen) atoms. The summed E-state index contributed by atoms with van der Waals surface area (Å²) in [6.07, 6.45) is 0.588. The van der Waals surface area contributed by atoms with Crippen molar-refractivity contribution < 1.29 is 5.11 Å². The molecule has 1 N–H and O–H groups in total. The van der Waals surface area contributed by atoms with E-state index in [0.29, 0.717) is 19.5 Å². The molecule has 0 fully saturated rings. The van der Waals surface area contributed by atoms with Gasteiger partial charge in [0.05, 0.1) is 21.9 Å². The van der Waals surface area contributed by atoms with E-state index in [0.717, 1.165) is 11.1 Å². The highest BCUT2D eigenvalue weighted by Gasteiger charge is 2.21. The molecule has 1 heterocycles. The molecule has 6 heteroatoms. The minimum absolute atomic E-state index is 0.0930. The molecule has 0 saturated heterocycles. The number of hydrogen-bond donors (Lipinski definition) is 1. The van der Waals surface area contributed by atoms with E-state index in [9.17, 15) is 10.0 Å². The van der Waals surface area contributed by atoms with E-state index >= 15 is 0 Å². The molecule has 0 bridgehead atoms. The van der Waals surface area contributed by atoms with Gasteiger partial charge in [0.15, 0.2) is 5.75 Å². The van der Waals surface area contributed by atoms with Gasteiger partial charge < -0.3 is 5.11 Å². The summed E-state index contributed by atoms with van der Waals surface area (Å²) in [5.74, 6) is -0.0930. The van der Waals surface area contributed by atoms with Gasteiger partial charge in [0.2, 0.25) is 0 Å². The van der Waals surface area contributed by atoms with Crippen LogP contribution in [0.4, 0.5) is 0 Å². The second-order valence-electron chi connectivity index (χ2n) is 3.38. The first-order valence-corrected chi connectivity index (χ1v) is 5.16. The molecule has 2 rings (SSSR count). The summed E-state index contributed by atoms with van der Waals surface area (Å²) >= 11 is 11.7. The standard InChI is InChI=1S/C9H8Cl2N2O2/c10-7-3-5-4-13(12-15)2-1-6(5)8(11)9(7)14/h3,14H,1-2,4H2. The first-order chi connectivity index (χ1) is 7.13. The van der Waals surface area contributed by atoms with Crippen LogP contribution in [0.25, 0.3) is 0 Å². The quantitative estimate of drug-likeness (QED) is 0.776. The molecule has 1 aliphatic heterocycles. The smallest absolute Gasteiger partial charge is 0.153 e. The van der Waals surface area contributed by atoms with Crippen LogP contribution in [0.15, 0.2) is 11.4 Å². The van der Waals surface area contributed by atoms with Crippen LogP contribution >= 0.6 is 23.2 Å². The molecule has 0 aromatic heterocycles. The third kappa shape index (κ3) is 1.75. The summed E-state index contributed by atoms with van der Waals surface area (Å²) in [6.45, 7) is 0.899. The summed E-state index contributed by atoms with van der Waals surface area (Å²) in [7, 11) is 0. The number of hydrogen-bond acceptors (Lipinski definition) is 3. The molecule has 0 aliphatic carbocycles. The van der Waals surface area contributed by atoms with Crippen molar-refractivity contribution in [3.63, 3.8) is 0 Å². The number of rotatable bonds is 1. The normalized spacial score (nSPS) is 14.9. The van der Waals surface area contributed by atoms with Gasteiger partial charge in [-0.15, -0.1) is 4.91 Å². The Morgan fingerprint density at radius 1 is 1.47 bits per heavy atom. The number of aromatic hydroxyl groups is 1. The fourth-order valence-corrected chi connectivity index (χ4v) is 2.29. The Morgan fingerprint density at radius 2 is 2.20 bits per heavy atom. The molecule has 4 nitrogen and oxygen atoms in total. The van der Waals surface area contributed by atoms with Gasteiger partial charge in [-0.3, -0.25) is 5.01 Å². The number of benzene rings is 1. The van der Waals surface area contributed by atoms with E-state index in [4.69, 9.17) is 23.2 Å². The van der Waals surface area contributed by atoms with Crippen molar-refractivity contribution in [3.05, 3.63) is 32.1 Å². The fourth-order valence-electron chi connectivity index (χ4n) is 1.69. The van der Waals surface area contributed by atoms with E-state index in [2.05, 4.69) is 5.29 Å². The maximum Gasteiger partial charge on any atom is 0.153 e. The maximum absolute atomic E-state index is 10.4. The van der Waals surface area contributed by atoms with Crippen LogP contribution in [-0.4, -0.2) is 16.7 Å². The van der Waals surface area contributed by atoms with Crippen LogP contribution in [0.3, 0.4) is 0 Å². The molecule has 80 valence electrons. The van der Waals surface area contributed by atoms with Crippen molar-refractivity contribution in [1.29, 1.82) is 0 Å². The SMILES string of the molecule is O=NN1CCc2c(cc(Cl)c(O)c2Cl)C1. The van der Waals surface area contributed by atoms with Crippen LogP contribution in [0, 0.1) is 4.91 Å². The highest BCUT2D eigenvalue weighted by atomic mass is 35.5. The van der Waals surface area contributed by atoms with Gasteiger partial charge >= 0.3 is 0 Å². The summed E-state index contributed by atoms with van der Waals surface area (Å²) in [5.41, 5.74) is 1.69. The molecule has 0 spiro atoms. The predicted octanol–water partition coefficient (Wildman–Crippen LogP) is 2.74. The van der Waals surface area contributed by atoms with Crippen LogP contribution in [-0.2, 0) is 13.0 Å². The van der Waals surface area contributed by atoms with Crippen molar-refractivity contribution in [2.24, 2.45) is 5.29 Å². The Labute approximate surface area is 96.3 Å². The summed E-state index contributed by atoms with van der Waals surface area (Å²) in [5, 5.41) is 14.3. The Bertz CT molecular complexity index is 423. The third-order valence-electron chi connectivity index (χ3n) is 2.48. The molecule has 1 aromatic carbocycles. The zero-order valence-electron chi connectivity index (χ0n) is 7.70. The summed E-state index contributed by atoms with van der Waals surface area (Å²) < 4.78 is 0. The molecular formula is C9H8Cl2N2O2. The molecular weight excluding hydrogens is 239 g/mol. The van der Waals surface area contributed by atoms with Gasteiger partial charge in [0.25, 0.3) is 0 Å². The average molecular weight is 247 g/mol. The number of phenols is 1. The molecule has 0 unspecified atom stereocenters. The number of halogens is 2. The first-order valence-electron chi connectivity index (χ1n) is 4.40. The Morgan fingerprint density at radius 3 is 2.87 bits per heavy atom. The molecule has 0 saturated carbocycles. The number of nitroso groups, excluding NO2 is 1. The van der Waals surface area contributed by atoms with Crippen molar-refractivity contribution in [1.82, 2.24) is 5.01 Å². The third-order valence-corrected chi connectivity index (χ3v) is 3.17. The number of fused-ring (bicyclic) bond motifs is 1. The molecule has 0 amide bonds. The van der Waals surface area contributed by atoms with E-state index in [-0.39, 0.29) is 15.8 Å². The highest BCUT2D eigenvalue weighted by Crippen LogP contribution is 2.38. The van der Waals surface area contributed by atoms with E-state index in [1.54, 1.807) is 6.07 Å². The van der Waals surface area contributed by atoms with Crippen molar-refractivity contribution >= 4 is 23.2 Å². The van der Waals surface area contributed by atoms with Gasteiger partial charge in [-0.05, 0) is 23.6 Å². The lowest BCUT2D eigenvalue weighted by Crippen LogP contribution is -2.25. The van der Waals surface area contributed by atoms with Crippen LogP contribution in [0.1, 0.15) is 11.1 Å². The van der Waals surface area contributed by atoms with E-state index < -0.39 is 0 Å². The van der Waals surface area contributed by atoms with Crippen LogP contribution in [0.5, 0.6) is 5.75 Å². The minimum Gasteiger partial charge on any atom is -0.505 e. The molecule has 0 radical (unpaired) electrons. The zero-order valence-corrected chi connectivity index (χ0v) is 9.22. The Hall–Kier alpha value is -1.00. The lowest BCUT2D eigenvalue weighted by atomic mass is 10.0. The Kier molecular flexibility index (Phi) is 2.71. The lowest BCUT2D eigenvalue weighted by molar-refractivity contribution is 0.263. The minimum atomic E-state index is -0.0930. The van der Waals surface area contributed by atoms with Gasteiger partial charge in [0, 0.05) is 6.54 Å². The molecule has 0 atom stereocenters. The van der Waals surface area contributed by atoms with Crippen LogP contribution < -0.4 is 0 Å². The second kappa shape index (κ2) is 3.87. The topological polar surface area (TPSA) is 52.9 Å². The summed E-state index contributed by atoms with van der Waals surface area (Å²) in [6, 6.07) is 1.62. The molecule has 1 aliphatic rings. The van der Waals surface area contributed by atoms with Gasteiger partial charge in [-0.25, -0.2) is 0 Å². The van der Waals surface area contributed by atoms with E-state index in [1.165, 1.54) is 5.01 Å². The number of phenolic OH excluding ortho intramolecular Hbond substituents is 1. The van der Waals surface area contributed by atoms with Gasteiger partial charge in [-0.2, -0.15) is 0 Å². The van der Waals surface area contributed by atoms with Gasteiger partial charge in [-0.1, -0.05) is 23.2 Å². The van der Waals surface area contributed by atoms with Crippen molar-refractivity contribution in [3.8, 4) is 5.75 Å². The van der Waals surface area contributed by atoms with Crippen molar-refractivity contribution in [2.75, 3.05) is 6.54 Å². The molecule has 1 aromatic rings. The lowest BCUT2D eigenvalue weighted by Gasteiger charge is -2.24. The summed E-state index contributed by atoms with van der Waals surface area (Å²) in [4.78, 5) is 10.4. The van der Waals surface area contributed by atoms with Crippen molar-refractivity contribution in [2.45, 2.75) is 13.0 Å². The maximum atomic E-state index is 10.4. The van der Waals surface area contributed by atoms with E-state index in [1.807, 2.05) is 0 Å². The van der Waals surface area contributed by atoms with Crippen LogP contribution in [0.2, 0.25) is 10.0 Å². The number of nitrogens with zero attached hydrogens (tertiary/aromatic N) is 2. The van der Waals surface area contributed by atoms with Gasteiger partial charge in [0.1, 0.15) is 0 Å². The largest absolute Gasteiger partial charge is 0.505 e. The predicted molar refractivity (Wildman–Crippen MR) is 58.0 cm³/mol. The zero-order chi connectivity index (χ0) is 11.0. The second-order valence-corrected chi connectivity index (χ2v) is 4.16. The highest BCUT2D eigenvalue weighted by molar-refractivity contribution is 6.37. The average Bonchev–Trinajstić information content (AvgIpc) is 2.25. The Balaban J connectivity index is 2.48. The first kappa shape index (κ1) is 10.5. The fraction of sp³-hybridized carbons (Fsp3) is 0.333.